The molecule has 0 aromatic heterocycles. The van der Waals surface area contributed by atoms with Gasteiger partial charge in [-0.1, -0.05) is 24.4 Å². The van der Waals surface area contributed by atoms with E-state index in [1.54, 1.807) is 23.5 Å². The number of nitrogens with one attached hydrogen (secondary N) is 2. The predicted octanol–water partition coefficient (Wildman–Crippen LogP) is 2.57. The molecule has 0 atom stereocenters. The van der Waals surface area contributed by atoms with Crippen LogP contribution in [0.5, 0.6) is 0 Å². The second-order valence-electron chi connectivity index (χ2n) is 2.62. The Morgan fingerprint density at radius 1 is 0.938 bits per heavy atom. The molecule has 0 saturated heterocycles. The summed E-state index contributed by atoms with van der Waals surface area (Å²) in [5.41, 5.74) is 0. The van der Waals surface area contributed by atoms with Crippen LogP contribution in [-0.2, 0) is 0 Å². The second kappa shape index (κ2) is 11.4. The van der Waals surface area contributed by atoms with Crippen LogP contribution in [0.15, 0.2) is 24.6 Å². The lowest BCUT2D eigenvalue weighted by molar-refractivity contribution is 0.767. The van der Waals surface area contributed by atoms with Gasteiger partial charge in [0.1, 0.15) is 0 Å². The average Bonchev–Trinajstić information content (AvgIpc) is 2.31. The van der Waals surface area contributed by atoms with E-state index in [1.165, 1.54) is 0 Å². The molecule has 0 aromatic carbocycles. The molecule has 90 valence electrons. The van der Waals surface area contributed by atoms with Gasteiger partial charge in [0.2, 0.25) is 0 Å². The summed E-state index contributed by atoms with van der Waals surface area (Å²) < 4.78 is 1.76. The van der Waals surface area contributed by atoms with Crippen LogP contribution in [0.1, 0.15) is 0 Å². The highest BCUT2D eigenvalue weighted by Gasteiger charge is 1.85. The van der Waals surface area contributed by atoms with E-state index in [2.05, 4.69) is 10.6 Å². The highest BCUT2D eigenvalue weighted by atomic mass is 32.2. The summed E-state index contributed by atoms with van der Waals surface area (Å²) in [6, 6.07) is 0. The second-order valence-corrected chi connectivity index (χ2v) is 5.71. The smallest absolute Gasteiger partial charge is 0.0717 e. The monoisotopic (exact) mass is 292 g/mol. The number of rotatable bonds is 7. The zero-order valence-corrected chi connectivity index (χ0v) is 12.6. The standard InChI is InChI=1S/C10H16N2S4/c1-15-9(13)3-5-11-7-8-12-6-4-10(14)16-2/h3-6,11-12H,7-8H2,1-2H3/b5-3+,6-4+. The van der Waals surface area contributed by atoms with Crippen LogP contribution in [-0.4, -0.2) is 34.0 Å². The van der Waals surface area contributed by atoms with E-state index < -0.39 is 0 Å². The number of hydrogen-bond donors (Lipinski definition) is 2. The van der Waals surface area contributed by atoms with Crippen LogP contribution < -0.4 is 10.6 Å². The molecule has 0 amide bonds. The zero-order valence-electron chi connectivity index (χ0n) is 9.36. The van der Waals surface area contributed by atoms with Crippen molar-refractivity contribution in [3.63, 3.8) is 0 Å². The van der Waals surface area contributed by atoms with Crippen molar-refractivity contribution < 1.29 is 0 Å². The third-order valence-electron chi connectivity index (χ3n) is 1.49. The van der Waals surface area contributed by atoms with Crippen LogP contribution in [0.25, 0.3) is 0 Å². The van der Waals surface area contributed by atoms with Gasteiger partial charge in [-0.05, 0) is 37.1 Å². The van der Waals surface area contributed by atoms with E-state index >= 15 is 0 Å². The van der Waals surface area contributed by atoms with Crippen molar-refractivity contribution in [3.8, 4) is 0 Å². The molecule has 0 aliphatic heterocycles. The number of thiocarbonyl (C=S) groups is 2. The molecule has 0 unspecified atom stereocenters. The van der Waals surface area contributed by atoms with Gasteiger partial charge in [-0.2, -0.15) is 0 Å². The lowest BCUT2D eigenvalue weighted by Gasteiger charge is -2.00. The molecule has 0 heterocycles. The maximum atomic E-state index is 5.01. The first-order valence-electron chi connectivity index (χ1n) is 4.66. The van der Waals surface area contributed by atoms with Crippen LogP contribution in [0.2, 0.25) is 0 Å². The first-order chi connectivity index (χ1) is 7.70. The van der Waals surface area contributed by atoms with Crippen LogP contribution in [0, 0.1) is 0 Å². The van der Waals surface area contributed by atoms with Gasteiger partial charge in [0.25, 0.3) is 0 Å². The summed E-state index contributed by atoms with van der Waals surface area (Å²) in [4.78, 5) is 0. The van der Waals surface area contributed by atoms with Crippen molar-refractivity contribution in [2.24, 2.45) is 0 Å². The zero-order chi connectivity index (χ0) is 12.2. The van der Waals surface area contributed by atoms with E-state index in [9.17, 15) is 0 Å². The lowest BCUT2D eigenvalue weighted by Crippen LogP contribution is -2.20. The maximum absolute atomic E-state index is 5.01. The van der Waals surface area contributed by atoms with Gasteiger partial charge >= 0.3 is 0 Å². The third kappa shape index (κ3) is 10.5. The Kier molecular flexibility index (Phi) is 11.4. The summed E-state index contributed by atoms with van der Waals surface area (Å²) in [5, 5.41) is 6.27. The normalized spacial score (nSPS) is 10.9. The SMILES string of the molecule is CSC(=S)/C=C/NCCN/C=C/C(=S)SC. The molecular formula is C10H16N2S4. The van der Waals surface area contributed by atoms with Crippen molar-refractivity contribution in [2.75, 3.05) is 25.6 Å². The van der Waals surface area contributed by atoms with Gasteiger partial charge in [0.05, 0.1) is 8.39 Å². The van der Waals surface area contributed by atoms with E-state index in [0.29, 0.717) is 0 Å². The average molecular weight is 293 g/mol. The Morgan fingerprint density at radius 2 is 1.31 bits per heavy atom. The Hall–Kier alpha value is -0.0400. The first kappa shape index (κ1) is 16.0. The molecule has 0 spiro atoms. The Labute approximate surface area is 117 Å². The van der Waals surface area contributed by atoms with E-state index in [0.717, 1.165) is 21.5 Å². The fourth-order valence-corrected chi connectivity index (χ4v) is 1.25. The Bertz CT molecular complexity index is 246. The molecule has 0 radical (unpaired) electrons. The quantitative estimate of drug-likeness (QED) is 0.425. The minimum atomic E-state index is 0.851. The molecule has 6 heteroatoms. The highest BCUT2D eigenvalue weighted by Crippen LogP contribution is 1.98. The van der Waals surface area contributed by atoms with Crippen molar-refractivity contribution >= 4 is 56.4 Å². The van der Waals surface area contributed by atoms with Gasteiger partial charge in [-0.15, -0.1) is 23.5 Å². The Morgan fingerprint density at radius 3 is 1.62 bits per heavy atom. The molecule has 0 aliphatic carbocycles. The number of thioether (sulfide) groups is 2. The predicted molar refractivity (Wildman–Crippen MR) is 86.5 cm³/mol. The Balaban J connectivity index is 3.41. The minimum Gasteiger partial charge on any atom is -0.389 e. The largest absolute Gasteiger partial charge is 0.389 e. The maximum Gasteiger partial charge on any atom is 0.0717 e. The van der Waals surface area contributed by atoms with Gasteiger partial charge in [0, 0.05) is 13.1 Å². The summed E-state index contributed by atoms with van der Waals surface area (Å²) in [7, 11) is 0. The van der Waals surface area contributed by atoms with Crippen molar-refractivity contribution in [1.29, 1.82) is 0 Å². The summed E-state index contributed by atoms with van der Waals surface area (Å²) in [6.07, 6.45) is 11.5. The van der Waals surface area contributed by atoms with E-state index in [1.807, 2.05) is 37.1 Å². The molecule has 0 bridgehead atoms. The molecule has 0 rings (SSSR count). The van der Waals surface area contributed by atoms with Gasteiger partial charge in [-0.25, -0.2) is 0 Å². The van der Waals surface area contributed by atoms with Crippen LogP contribution >= 0.6 is 48.0 Å². The fraction of sp³-hybridized carbons (Fsp3) is 0.400. The molecule has 0 fully saturated rings. The van der Waals surface area contributed by atoms with Crippen molar-refractivity contribution in [2.45, 2.75) is 0 Å². The molecule has 0 saturated carbocycles. The molecule has 0 aliphatic rings. The van der Waals surface area contributed by atoms with Gasteiger partial charge < -0.3 is 10.6 Å². The minimum absolute atomic E-state index is 0.851. The first-order valence-corrected chi connectivity index (χ1v) is 7.93. The molecular weight excluding hydrogens is 276 g/mol. The third-order valence-corrected chi connectivity index (χ3v) is 3.84. The molecule has 2 nitrogen and oxygen atoms in total. The molecule has 2 N–H and O–H groups in total. The topological polar surface area (TPSA) is 24.1 Å². The van der Waals surface area contributed by atoms with Crippen molar-refractivity contribution in [1.82, 2.24) is 10.6 Å². The molecule has 0 aromatic rings. The van der Waals surface area contributed by atoms with Crippen molar-refractivity contribution in [3.05, 3.63) is 24.6 Å². The summed E-state index contributed by atoms with van der Waals surface area (Å²) >= 11 is 13.1. The molecule has 16 heavy (non-hydrogen) atoms. The van der Waals surface area contributed by atoms with E-state index in [-0.39, 0.29) is 0 Å². The lowest BCUT2D eigenvalue weighted by atomic mass is 10.6. The van der Waals surface area contributed by atoms with Crippen LogP contribution in [0.3, 0.4) is 0 Å². The van der Waals surface area contributed by atoms with E-state index in [4.69, 9.17) is 24.4 Å². The highest BCUT2D eigenvalue weighted by molar-refractivity contribution is 8.23. The van der Waals surface area contributed by atoms with Gasteiger partial charge in [-0.3, -0.25) is 0 Å². The van der Waals surface area contributed by atoms with Gasteiger partial charge in [0.15, 0.2) is 0 Å². The summed E-state index contributed by atoms with van der Waals surface area (Å²) in [6.45, 7) is 1.70. The summed E-state index contributed by atoms with van der Waals surface area (Å²) in [5.74, 6) is 0. The van der Waals surface area contributed by atoms with Crippen LogP contribution in [0.4, 0.5) is 0 Å². The fourth-order valence-electron chi connectivity index (χ4n) is 0.701. The number of hydrogen-bond acceptors (Lipinski definition) is 6.